The van der Waals surface area contributed by atoms with Gasteiger partial charge in [0.15, 0.2) is 0 Å². The van der Waals surface area contributed by atoms with Gasteiger partial charge in [-0.05, 0) is 6.07 Å². The number of nitrogens with zero attached hydrogens (tertiary/aromatic N) is 1. The van der Waals surface area contributed by atoms with Gasteiger partial charge < -0.3 is 10.2 Å². The van der Waals surface area contributed by atoms with Gasteiger partial charge in [0.2, 0.25) is 0 Å². The van der Waals surface area contributed by atoms with Crippen LogP contribution >= 0.6 is 24.8 Å². The third-order valence-corrected chi connectivity index (χ3v) is 1.23. The van der Waals surface area contributed by atoms with Crippen molar-refractivity contribution >= 4 is 36.8 Å². The Morgan fingerprint density at radius 1 is 1.00 bits per heavy atom. The summed E-state index contributed by atoms with van der Waals surface area (Å²) in [5.74, 6) is -2.38. The van der Waals surface area contributed by atoms with Crippen molar-refractivity contribution in [2.45, 2.75) is 0 Å². The molecule has 1 heterocycles. The summed E-state index contributed by atoms with van der Waals surface area (Å²) in [6.07, 6.45) is 2.18. The Balaban J connectivity index is 0. The predicted octanol–water partition coefficient (Wildman–Crippen LogP) is 1.32. The first-order valence-electron chi connectivity index (χ1n) is 3.03. The smallest absolute Gasteiger partial charge is 0.337 e. The maximum absolute atomic E-state index is 10.3. The summed E-state index contributed by atoms with van der Waals surface area (Å²) in [6, 6.07) is 1.05. The first-order valence-corrected chi connectivity index (χ1v) is 3.03. The van der Waals surface area contributed by atoms with E-state index >= 15 is 0 Å². The quantitative estimate of drug-likeness (QED) is 0.813. The van der Waals surface area contributed by atoms with E-state index in [0.29, 0.717) is 0 Å². The minimum Gasteiger partial charge on any atom is -0.478 e. The standard InChI is InChI=1S/C7H5NO4.2ClH/c9-6(10)4-1-5(7(11)12)3-8-2-4;;/h1-3H,(H,9,10)(H,11,12);2*1H. The highest BCUT2D eigenvalue weighted by molar-refractivity contribution is 5.92. The molecule has 0 aliphatic carbocycles. The van der Waals surface area contributed by atoms with Gasteiger partial charge in [-0.25, -0.2) is 9.59 Å². The monoisotopic (exact) mass is 239 g/mol. The lowest BCUT2D eigenvalue weighted by Gasteiger charge is -1.94. The van der Waals surface area contributed by atoms with Crippen molar-refractivity contribution in [2.24, 2.45) is 0 Å². The lowest BCUT2D eigenvalue weighted by atomic mass is 10.2. The molecular weight excluding hydrogens is 233 g/mol. The molecule has 1 rings (SSSR count). The maximum Gasteiger partial charge on any atom is 0.337 e. The molecule has 0 saturated heterocycles. The average Bonchev–Trinajstić information content (AvgIpc) is 2.04. The number of carboxylic acids is 2. The zero-order valence-corrected chi connectivity index (χ0v) is 8.34. The molecule has 0 spiro atoms. The normalized spacial score (nSPS) is 8.00. The van der Waals surface area contributed by atoms with Gasteiger partial charge in [-0.15, -0.1) is 24.8 Å². The van der Waals surface area contributed by atoms with Crippen molar-refractivity contribution in [3.05, 3.63) is 29.6 Å². The van der Waals surface area contributed by atoms with Crippen LogP contribution in [0.3, 0.4) is 0 Å². The van der Waals surface area contributed by atoms with Crippen LogP contribution in [0.2, 0.25) is 0 Å². The SMILES string of the molecule is Cl.Cl.O=C(O)c1cncc(C(=O)O)c1. The van der Waals surface area contributed by atoms with Gasteiger partial charge in [-0.1, -0.05) is 0 Å². The Bertz CT molecular complexity index is 313. The van der Waals surface area contributed by atoms with Crippen molar-refractivity contribution < 1.29 is 19.8 Å². The van der Waals surface area contributed by atoms with Crippen molar-refractivity contribution in [3.63, 3.8) is 0 Å². The molecule has 0 bridgehead atoms. The van der Waals surface area contributed by atoms with Crippen molar-refractivity contribution in [1.82, 2.24) is 4.98 Å². The largest absolute Gasteiger partial charge is 0.478 e. The Morgan fingerprint density at radius 3 is 1.64 bits per heavy atom. The molecule has 2 N–H and O–H groups in total. The first-order chi connectivity index (χ1) is 5.61. The van der Waals surface area contributed by atoms with Crippen LogP contribution in [0.25, 0.3) is 0 Å². The zero-order chi connectivity index (χ0) is 9.14. The summed E-state index contributed by atoms with van der Waals surface area (Å²) >= 11 is 0. The zero-order valence-electron chi connectivity index (χ0n) is 6.71. The molecule has 0 aliphatic rings. The van der Waals surface area contributed by atoms with Crippen LogP contribution in [0.15, 0.2) is 18.5 Å². The number of hydrogen-bond acceptors (Lipinski definition) is 3. The van der Waals surface area contributed by atoms with E-state index in [2.05, 4.69) is 4.98 Å². The van der Waals surface area contributed by atoms with Gasteiger partial charge in [0.05, 0.1) is 11.1 Å². The Hall–Kier alpha value is -1.33. The van der Waals surface area contributed by atoms with E-state index in [1.165, 1.54) is 0 Å². The molecule has 7 heteroatoms. The molecule has 0 atom stereocenters. The highest BCUT2D eigenvalue weighted by Gasteiger charge is 2.07. The molecule has 0 amide bonds. The number of pyridine rings is 1. The van der Waals surface area contributed by atoms with E-state index in [1.807, 2.05) is 0 Å². The Morgan fingerprint density at radius 2 is 1.36 bits per heavy atom. The van der Waals surface area contributed by atoms with E-state index in [9.17, 15) is 9.59 Å². The molecule has 0 aromatic carbocycles. The van der Waals surface area contributed by atoms with Crippen LogP contribution in [-0.2, 0) is 0 Å². The lowest BCUT2D eigenvalue weighted by molar-refractivity contribution is 0.0696. The average molecular weight is 240 g/mol. The molecular formula is C7H7Cl2NO4. The summed E-state index contributed by atoms with van der Waals surface area (Å²) in [6.45, 7) is 0. The number of hydrogen-bond donors (Lipinski definition) is 2. The van der Waals surface area contributed by atoms with Gasteiger partial charge >= 0.3 is 11.9 Å². The van der Waals surface area contributed by atoms with Gasteiger partial charge in [-0.2, -0.15) is 0 Å². The van der Waals surface area contributed by atoms with Gasteiger partial charge in [0.25, 0.3) is 0 Å². The third-order valence-electron chi connectivity index (χ3n) is 1.23. The number of aromatic nitrogens is 1. The van der Waals surface area contributed by atoms with Crippen LogP contribution in [0.5, 0.6) is 0 Å². The number of halogens is 2. The van der Waals surface area contributed by atoms with Gasteiger partial charge in [0.1, 0.15) is 0 Å². The molecule has 0 aliphatic heterocycles. The number of carboxylic acid groups (broad SMARTS) is 2. The van der Waals surface area contributed by atoms with Crippen LogP contribution in [0.4, 0.5) is 0 Å². The second-order valence-electron chi connectivity index (χ2n) is 2.07. The minimum atomic E-state index is -1.19. The molecule has 0 unspecified atom stereocenters. The molecule has 78 valence electrons. The summed E-state index contributed by atoms with van der Waals surface area (Å²) < 4.78 is 0. The Labute approximate surface area is 91.6 Å². The van der Waals surface area contributed by atoms with Crippen LogP contribution in [0, 0.1) is 0 Å². The number of carbonyl (C=O) groups is 2. The number of rotatable bonds is 2. The van der Waals surface area contributed by atoms with E-state index < -0.39 is 11.9 Å². The maximum atomic E-state index is 10.3. The second kappa shape index (κ2) is 6.17. The molecule has 1 aromatic rings. The summed E-state index contributed by atoms with van der Waals surface area (Å²) in [5, 5.41) is 16.9. The Kier molecular flexibility index (Phi) is 6.68. The van der Waals surface area contributed by atoms with Crippen molar-refractivity contribution in [2.75, 3.05) is 0 Å². The molecule has 1 aromatic heterocycles. The number of aromatic carboxylic acids is 2. The van der Waals surface area contributed by atoms with Crippen LogP contribution in [0.1, 0.15) is 20.7 Å². The van der Waals surface area contributed by atoms with Gasteiger partial charge in [0, 0.05) is 12.4 Å². The van der Waals surface area contributed by atoms with Crippen molar-refractivity contribution in [1.29, 1.82) is 0 Å². The van der Waals surface area contributed by atoms with Crippen LogP contribution in [-0.4, -0.2) is 27.1 Å². The van der Waals surface area contributed by atoms with Gasteiger partial charge in [-0.3, -0.25) is 4.98 Å². The fourth-order valence-corrected chi connectivity index (χ4v) is 0.674. The molecule has 0 saturated carbocycles. The highest BCUT2D eigenvalue weighted by atomic mass is 35.5. The summed E-state index contributed by atoms with van der Waals surface area (Å²) in [5.41, 5.74) is -0.259. The lowest BCUT2D eigenvalue weighted by Crippen LogP contribution is -2.02. The second-order valence-corrected chi connectivity index (χ2v) is 2.07. The van der Waals surface area contributed by atoms with Crippen LogP contribution < -0.4 is 0 Å². The molecule has 0 fully saturated rings. The predicted molar refractivity (Wildman–Crippen MR) is 52.7 cm³/mol. The fraction of sp³-hybridized carbons (Fsp3) is 0. The summed E-state index contributed by atoms with van der Waals surface area (Å²) in [4.78, 5) is 24.2. The third kappa shape index (κ3) is 3.59. The summed E-state index contributed by atoms with van der Waals surface area (Å²) in [7, 11) is 0. The van der Waals surface area contributed by atoms with E-state index in [0.717, 1.165) is 18.5 Å². The minimum absolute atomic E-state index is 0. The fourth-order valence-electron chi connectivity index (χ4n) is 0.674. The molecule has 0 radical (unpaired) electrons. The highest BCUT2D eigenvalue weighted by Crippen LogP contribution is 2.01. The molecule has 14 heavy (non-hydrogen) atoms. The van der Waals surface area contributed by atoms with E-state index in [1.54, 1.807) is 0 Å². The van der Waals surface area contributed by atoms with Crippen molar-refractivity contribution in [3.8, 4) is 0 Å². The van der Waals surface area contributed by atoms with E-state index in [-0.39, 0.29) is 35.9 Å². The first kappa shape index (κ1) is 15.2. The molecule has 5 nitrogen and oxygen atoms in total. The topological polar surface area (TPSA) is 87.5 Å². The van der Waals surface area contributed by atoms with E-state index in [4.69, 9.17) is 10.2 Å².